The van der Waals surface area contributed by atoms with E-state index in [1.165, 1.54) is 4.90 Å². The number of urea groups is 1. The van der Waals surface area contributed by atoms with Crippen LogP contribution in [0.4, 0.5) is 4.79 Å². The van der Waals surface area contributed by atoms with Gasteiger partial charge in [0.05, 0.1) is 6.54 Å². The lowest BCUT2D eigenvalue weighted by Gasteiger charge is -2.43. The zero-order chi connectivity index (χ0) is 16.8. The summed E-state index contributed by atoms with van der Waals surface area (Å²) < 4.78 is 0. The van der Waals surface area contributed by atoms with Crippen LogP contribution >= 0.6 is 0 Å². The van der Waals surface area contributed by atoms with E-state index in [1.54, 1.807) is 0 Å². The molecule has 1 aliphatic carbocycles. The van der Waals surface area contributed by atoms with Crippen LogP contribution in [0.5, 0.6) is 0 Å². The Morgan fingerprint density at radius 1 is 1.26 bits per heavy atom. The fourth-order valence-electron chi connectivity index (χ4n) is 4.64. The van der Waals surface area contributed by atoms with E-state index in [2.05, 4.69) is 26.1 Å². The third-order valence-corrected chi connectivity index (χ3v) is 5.05. The largest absolute Gasteiger partial charge is 0.325 e. The van der Waals surface area contributed by atoms with Crippen molar-refractivity contribution in [2.75, 3.05) is 0 Å². The van der Waals surface area contributed by atoms with Gasteiger partial charge in [-0.15, -0.1) is 0 Å². The van der Waals surface area contributed by atoms with Gasteiger partial charge in [0.2, 0.25) is 0 Å². The Labute approximate surface area is 138 Å². The number of carbonyl (C=O) groups is 2. The maximum absolute atomic E-state index is 13.1. The molecular formula is C19H26N2O2. The van der Waals surface area contributed by atoms with Crippen molar-refractivity contribution in [3.8, 4) is 0 Å². The van der Waals surface area contributed by atoms with Crippen molar-refractivity contribution >= 4 is 11.9 Å². The second-order valence-corrected chi connectivity index (χ2v) is 8.25. The fraction of sp³-hybridized carbons (Fsp3) is 0.579. The number of hydrogen-bond donors (Lipinski definition) is 1. The monoisotopic (exact) mass is 314 g/mol. The molecule has 0 unspecified atom stereocenters. The fourth-order valence-corrected chi connectivity index (χ4v) is 4.64. The zero-order valence-electron chi connectivity index (χ0n) is 14.5. The van der Waals surface area contributed by atoms with Crippen molar-refractivity contribution in [1.82, 2.24) is 10.2 Å². The Morgan fingerprint density at radius 3 is 2.65 bits per heavy atom. The SMILES string of the molecule is Cc1cccc(CN2C(=O)N[C@@]3(C[C@@H](C)CC(C)(C)C3)C2=O)c1. The first kappa shape index (κ1) is 16.0. The number of rotatable bonds is 2. The molecule has 4 heteroatoms. The van der Waals surface area contributed by atoms with E-state index in [-0.39, 0.29) is 17.4 Å². The summed E-state index contributed by atoms with van der Waals surface area (Å²) in [6.07, 6.45) is 2.56. The van der Waals surface area contributed by atoms with Crippen molar-refractivity contribution in [3.63, 3.8) is 0 Å². The molecule has 1 heterocycles. The third-order valence-electron chi connectivity index (χ3n) is 5.05. The van der Waals surface area contributed by atoms with Gasteiger partial charge in [0.25, 0.3) is 5.91 Å². The summed E-state index contributed by atoms with van der Waals surface area (Å²) in [5.74, 6) is 0.380. The summed E-state index contributed by atoms with van der Waals surface area (Å²) in [5.41, 5.74) is 1.49. The van der Waals surface area contributed by atoms with Crippen LogP contribution in [-0.2, 0) is 11.3 Å². The molecule has 1 aliphatic heterocycles. The molecule has 1 aromatic carbocycles. The average Bonchev–Trinajstić information content (AvgIpc) is 2.60. The number of aryl methyl sites for hydroxylation is 1. The number of hydrogen-bond acceptors (Lipinski definition) is 2. The van der Waals surface area contributed by atoms with Crippen LogP contribution in [0, 0.1) is 18.3 Å². The average molecular weight is 314 g/mol. The highest BCUT2D eigenvalue weighted by Crippen LogP contribution is 2.46. The summed E-state index contributed by atoms with van der Waals surface area (Å²) in [4.78, 5) is 26.9. The molecular weight excluding hydrogens is 288 g/mol. The standard InChI is InChI=1S/C19H26N2O2/c1-13-6-5-7-15(8-13)11-21-16(22)19(20-17(21)23)10-14(2)9-18(3,4)12-19/h5-8,14H,9-12H2,1-4H3,(H,20,23)/t14-,19+/m0/s1. The van der Waals surface area contributed by atoms with Crippen molar-refractivity contribution in [2.24, 2.45) is 11.3 Å². The topological polar surface area (TPSA) is 49.4 Å². The van der Waals surface area contributed by atoms with Gasteiger partial charge in [0.1, 0.15) is 5.54 Å². The van der Waals surface area contributed by atoms with E-state index in [0.29, 0.717) is 12.5 Å². The second kappa shape index (κ2) is 5.36. The second-order valence-electron chi connectivity index (χ2n) is 8.25. The predicted molar refractivity (Wildman–Crippen MR) is 89.8 cm³/mol. The van der Waals surface area contributed by atoms with Crippen LogP contribution in [0.15, 0.2) is 24.3 Å². The normalized spacial score (nSPS) is 29.9. The van der Waals surface area contributed by atoms with Crippen LogP contribution in [0.3, 0.4) is 0 Å². The molecule has 3 rings (SSSR count). The Hall–Kier alpha value is -1.84. The lowest BCUT2D eigenvalue weighted by Crippen LogP contribution is -2.54. The summed E-state index contributed by atoms with van der Waals surface area (Å²) in [6, 6.07) is 7.72. The lowest BCUT2D eigenvalue weighted by molar-refractivity contribution is -0.135. The van der Waals surface area contributed by atoms with Crippen molar-refractivity contribution in [2.45, 2.75) is 59.0 Å². The number of benzene rings is 1. The molecule has 2 aliphatic rings. The van der Waals surface area contributed by atoms with Gasteiger partial charge >= 0.3 is 6.03 Å². The number of nitrogens with one attached hydrogen (secondary N) is 1. The molecule has 1 N–H and O–H groups in total. The summed E-state index contributed by atoms with van der Waals surface area (Å²) in [6.45, 7) is 8.91. The van der Waals surface area contributed by atoms with Crippen molar-refractivity contribution in [3.05, 3.63) is 35.4 Å². The maximum Gasteiger partial charge on any atom is 0.325 e. The van der Waals surface area contributed by atoms with Gasteiger partial charge < -0.3 is 5.32 Å². The minimum absolute atomic E-state index is 0.0522. The van der Waals surface area contributed by atoms with Crippen LogP contribution in [0.25, 0.3) is 0 Å². The van der Waals surface area contributed by atoms with Crippen molar-refractivity contribution < 1.29 is 9.59 Å². The Kier molecular flexibility index (Phi) is 3.74. The number of imide groups is 1. The first-order valence-electron chi connectivity index (χ1n) is 8.40. The molecule has 0 bridgehead atoms. The molecule has 1 saturated heterocycles. The number of nitrogens with zero attached hydrogens (tertiary/aromatic N) is 1. The lowest BCUT2D eigenvalue weighted by atomic mass is 9.64. The van der Waals surface area contributed by atoms with E-state index in [0.717, 1.165) is 30.4 Å². The van der Waals surface area contributed by atoms with Crippen LogP contribution in [0.1, 0.15) is 51.2 Å². The van der Waals surface area contributed by atoms with Gasteiger partial charge in [-0.2, -0.15) is 0 Å². The highest BCUT2D eigenvalue weighted by atomic mass is 16.2. The molecule has 124 valence electrons. The first-order valence-corrected chi connectivity index (χ1v) is 8.40. The molecule has 1 saturated carbocycles. The molecule has 1 aromatic rings. The van der Waals surface area contributed by atoms with Gasteiger partial charge in [-0.05, 0) is 43.1 Å². The Balaban J connectivity index is 1.85. The molecule has 2 fully saturated rings. The Morgan fingerprint density at radius 2 is 2.00 bits per heavy atom. The molecule has 0 aromatic heterocycles. The smallest absolute Gasteiger partial charge is 0.323 e. The minimum Gasteiger partial charge on any atom is -0.323 e. The van der Waals surface area contributed by atoms with Gasteiger partial charge in [0.15, 0.2) is 0 Å². The van der Waals surface area contributed by atoms with Crippen LogP contribution in [-0.4, -0.2) is 22.4 Å². The molecule has 3 amide bonds. The van der Waals surface area contributed by atoms with Crippen LogP contribution < -0.4 is 5.32 Å². The number of carbonyl (C=O) groups excluding carboxylic acids is 2. The minimum atomic E-state index is -0.706. The predicted octanol–water partition coefficient (Wildman–Crippen LogP) is 3.63. The number of amides is 3. The highest BCUT2D eigenvalue weighted by molar-refractivity contribution is 6.07. The quantitative estimate of drug-likeness (QED) is 0.847. The zero-order valence-corrected chi connectivity index (χ0v) is 14.5. The van der Waals surface area contributed by atoms with Gasteiger partial charge in [-0.25, -0.2) is 4.79 Å². The molecule has 1 spiro atoms. The van der Waals surface area contributed by atoms with E-state index < -0.39 is 5.54 Å². The van der Waals surface area contributed by atoms with E-state index in [1.807, 2.05) is 31.2 Å². The third kappa shape index (κ3) is 2.99. The van der Waals surface area contributed by atoms with Crippen molar-refractivity contribution in [1.29, 1.82) is 0 Å². The summed E-state index contributed by atoms with van der Waals surface area (Å²) in [5, 5.41) is 3.03. The van der Waals surface area contributed by atoms with E-state index in [4.69, 9.17) is 0 Å². The van der Waals surface area contributed by atoms with Gasteiger partial charge in [0, 0.05) is 0 Å². The first-order chi connectivity index (χ1) is 10.7. The van der Waals surface area contributed by atoms with Gasteiger partial charge in [-0.3, -0.25) is 9.69 Å². The van der Waals surface area contributed by atoms with E-state index >= 15 is 0 Å². The van der Waals surface area contributed by atoms with Crippen LogP contribution in [0.2, 0.25) is 0 Å². The highest BCUT2D eigenvalue weighted by Gasteiger charge is 2.55. The summed E-state index contributed by atoms with van der Waals surface area (Å²) >= 11 is 0. The molecule has 2 atom stereocenters. The maximum atomic E-state index is 13.1. The molecule has 0 radical (unpaired) electrons. The Bertz CT molecular complexity index is 653. The van der Waals surface area contributed by atoms with Gasteiger partial charge in [-0.1, -0.05) is 50.6 Å². The molecule has 4 nitrogen and oxygen atoms in total. The summed E-state index contributed by atoms with van der Waals surface area (Å²) in [7, 11) is 0. The molecule has 23 heavy (non-hydrogen) atoms. The van der Waals surface area contributed by atoms with E-state index in [9.17, 15) is 9.59 Å².